The van der Waals surface area contributed by atoms with Crippen molar-refractivity contribution in [2.24, 2.45) is 0 Å². The van der Waals surface area contributed by atoms with Gasteiger partial charge in [0.15, 0.2) is 0 Å². The van der Waals surface area contributed by atoms with Crippen LogP contribution in [0.3, 0.4) is 0 Å². The van der Waals surface area contributed by atoms with Crippen LogP contribution < -0.4 is 5.46 Å². The molecule has 1 aromatic carbocycles. The van der Waals surface area contributed by atoms with Crippen molar-refractivity contribution in [2.75, 3.05) is 7.11 Å². The molecule has 0 bridgehead atoms. The molecule has 1 fully saturated rings. The molecule has 0 aliphatic carbocycles. The molecule has 23 heavy (non-hydrogen) atoms. The van der Waals surface area contributed by atoms with Crippen LogP contribution in [0.25, 0.3) is 10.8 Å². The van der Waals surface area contributed by atoms with Crippen LogP contribution in [-0.4, -0.2) is 36.4 Å². The second kappa shape index (κ2) is 5.32. The SMILES string of the molecule is COC(=O)c1cc2cc(B3OC(C)(C)C(C)(C)O3)ccc2cn1. The molecule has 1 aliphatic rings. The Kier molecular flexibility index (Phi) is 3.69. The largest absolute Gasteiger partial charge is 0.494 e. The van der Waals surface area contributed by atoms with Crippen LogP contribution in [0.5, 0.6) is 0 Å². The summed E-state index contributed by atoms with van der Waals surface area (Å²) in [5.41, 5.74) is 0.425. The van der Waals surface area contributed by atoms with Gasteiger partial charge in [-0.3, -0.25) is 0 Å². The van der Waals surface area contributed by atoms with Crippen LogP contribution in [0.1, 0.15) is 38.2 Å². The molecule has 0 unspecified atom stereocenters. The molecule has 3 rings (SSSR count). The number of carbonyl (C=O) groups excluding carboxylic acids is 1. The van der Waals surface area contributed by atoms with E-state index in [9.17, 15) is 4.79 Å². The first kappa shape index (κ1) is 16.0. The number of esters is 1. The number of fused-ring (bicyclic) bond motifs is 1. The molecule has 2 heterocycles. The first-order valence-corrected chi connectivity index (χ1v) is 7.57. The predicted octanol–water partition coefficient (Wildman–Crippen LogP) is 2.32. The average Bonchev–Trinajstić information content (AvgIpc) is 2.73. The quantitative estimate of drug-likeness (QED) is 0.629. The molecule has 0 amide bonds. The van der Waals surface area contributed by atoms with Crippen molar-refractivity contribution in [3.63, 3.8) is 0 Å². The zero-order valence-electron chi connectivity index (χ0n) is 14.0. The Morgan fingerprint density at radius 1 is 1.09 bits per heavy atom. The molecule has 0 saturated carbocycles. The molecule has 5 nitrogen and oxygen atoms in total. The van der Waals surface area contributed by atoms with Crippen molar-refractivity contribution in [3.8, 4) is 0 Å². The summed E-state index contributed by atoms with van der Waals surface area (Å²) in [6, 6.07) is 7.59. The van der Waals surface area contributed by atoms with Gasteiger partial charge in [0.1, 0.15) is 5.69 Å². The van der Waals surface area contributed by atoms with Crippen molar-refractivity contribution in [1.82, 2.24) is 4.98 Å². The van der Waals surface area contributed by atoms with Crippen molar-refractivity contribution >= 4 is 29.3 Å². The minimum Gasteiger partial charge on any atom is -0.464 e. The van der Waals surface area contributed by atoms with Gasteiger partial charge in [-0.1, -0.05) is 18.2 Å². The Balaban J connectivity index is 1.98. The second-order valence-electron chi connectivity index (χ2n) is 6.76. The monoisotopic (exact) mass is 313 g/mol. The average molecular weight is 313 g/mol. The topological polar surface area (TPSA) is 57.7 Å². The fourth-order valence-electron chi connectivity index (χ4n) is 2.50. The van der Waals surface area contributed by atoms with E-state index < -0.39 is 13.1 Å². The summed E-state index contributed by atoms with van der Waals surface area (Å²) in [6.45, 7) is 8.08. The number of ether oxygens (including phenoxy) is 1. The fourth-order valence-corrected chi connectivity index (χ4v) is 2.50. The third kappa shape index (κ3) is 2.73. The minimum atomic E-state index is -0.451. The summed E-state index contributed by atoms with van der Waals surface area (Å²) in [4.78, 5) is 15.7. The van der Waals surface area contributed by atoms with Gasteiger partial charge in [0.25, 0.3) is 0 Å². The van der Waals surface area contributed by atoms with Crippen molar-refractivity contribution < 1.29 is 18.8 Å². The second-order valence-corrected chi connectivity index (χ2v) is 6.76. The van der Waals surface area contributed by atoms with Gasteiger partial charge in [-0.2, -0.15) is 0 Å². The number of nitrogens with zero attached hydrogens (tertiary/aromatic N) is 1. The number of benzene rings is 1. The van der Waals surface area contributed by atoms with Crippen LogP contribution in [0.2, 0.25) is 0 Å². The van der Waals surface area contributed by atoms with E-state index in [1.807, 2.05) is 45.9 Å². The molecular weight excluding hydrogens is 293 g/mol. The summed E-state index contributed by atoms with van der Waals surface area (Å²) in [6.07, 6.45) is 1.66. The normalized spacial score (nSPS) is 19.1. The van der Waals surface area contributed by atoms with Crippen LogP contribution in [0, 0.1) is 0 Å². The Bertz CT molecular complexity index is 756. The van der Waals surface area contributed by atoms with E-state index in [0.29, 0.717) is 0 Å². The third-order valence-electron chi connectivity index (χ3n) is 4.67. The lowest BCUT2D eigenvalue weighted by atomic mass is 9.78. The lowest BCUT2D eigenvalue weighted by molar-refractivity contribution is 0.00578. The zero-order chi connectivity index (χ0) is 16.8. The molecule has 2 aromatic rings. The maximum Gasteiger partial charge on any atom is 0.494 e. The van der Waals surface area contributed by atoms with Gasteiger partial charge in [-0.25, -0.2) is 9.78 Å². The van der Waals surface area contributed by atoms with Gasteiger partial charge >= 0.3 is 13.1 Å². The molecule has 1 aromatic heterocycles. The van der Waals surface area contributed by atoms with Gasteiger partial charge < -0.3 is 14.0 Å². The number of methoxy groups -OCH3 is 1. The lowest BCUT2D eigenvalue weighted by Gasteiger charge is -2.32. The highest BCUT2D eigenvalue weighted by Gasteiger charge is 2.51. The van der Waals surface area contributed by atoms with E-state index >= 15 is 0 Å². The summed E-state index contributed by atoms with van der Waals surface area (Å²) < 4.78 is 16.9. The van der Waals surface area contributed by atoms with Gasteiger partial charge in [0, 0.05) is 11.6 Å². The molecule has 0 atom stereocenters. The van der Waals surface area contributed by atoms with Crippen LogP contribution >= 0.6 is 0 Å². The van der Waals surface area contributed by atoms with E-state index in [-0.39, 0.29) is 16.9 Å². The Hall–Kier alpha value is -1.92. The number of rotatable bonds is 2. The smallest absolute Gasteiger partial charge is 0.464 e. The third-order valence-corrected chi connectivity index (χ3v) is 4.67. The predicted molar refractivity (Wildman–Crippen MR) is 88.8 cm³/mol. The van der Waals surface area contributed by atoms with Gasteiger partial charge in [0.2, 0.25) is 0 Å². The fraction of sp³-hybridized carbons (Fsp3) is 0.412. The standard InChI is InChI=1S/C17H20BNO4/c1-16(2)17(3,4)23-18(22-16)13-7-6-11-10-19-14(15(20)21-5)9-12(11)8-13/h6-10H,1-5H3. The minimum absolute atomic E-state index is 0.283. The van der Waals surface area contributed by atoms with E-state index in [2.05, 4.69) is 4.98 Å². The number of pyridine rings is 1. The maximum absolute atomic E-state index is 11.6. The molecule has 1 aliphatic heterocycles. The number of hydrogen-bond donors (Lipinski definition) is 0. The Morgan fingerprint density at radius 2 is 1.74 bits per heavy atom. The lowest BCUT2D eigenvalue weighted by Crippen LogP contribution is -2.41. The van der Waals surface area contributed by atoms with Crippen molar-refractivity contribution in [1.29, 1.82) is 0 Å². The van der Waals surface area contributed by atoms with Crippen LogP contribution in [0.4, 0.5) is 0 Å². The number of carbonyl (C=O) groups is 1. The molecule has 6 heteroatoms. The Morgan fingerprint density at radius 3 is 2.35 bits per heavy atom. The van der Waals surface area contributed by atoms with Crippen molar-refractivity contribution in [3.05, 3.63) is 36.2 Å². The van der Waals surface area contributed by atoms with E-state index in [1.165, 1.54) is 7.11 Å². The maximum atomic E-state index is 11.6. The van der Waals surface area contributed by atoms with Crippen LogP contribution in [-0.2, 0) is 14.0 Å². The van der Waals surface area contributed by atoms with E-state index in [0.717, 1.165) is 16.2 Å². The summed E-state index contributed by atoms with van der Waals surface area (Å²) >= 11 is 0. The Labute approximate surface area is 136 Å². The molecular formula is C17H20BNO4. The van der Waals surface area contributed by atoms with Gasteiger partial charge in [-0.15, -0.1) is 0 Å². The molecule has 0 radical (unpaired) electrons. The zero-order valence-corrected chi connectivity index (χ0v) is 14.0. The van der Waals surface area contributed by atoms with Gasteiger partial charge in [0.05, 0.1) is 18.3 Å². The van der Waals surface area contributed by atoms with Crippen LogP contribution in [0.15, 0.2) is 30.5 Å². The van der Waals surface area contributed by atoms with E-state index in [1.54, 1.807) is 12.3 Å². The first-order valence-electron chi connectivity index (χ1n) is 7.57. The highest BCUT2D eigenvalue weighted by Crippen LogP contribution is 2.36. The summed E-state index contributed by atoms with van der Waals surface area (Å²) in [7, 11) is 0.911. The highest BCUT2D eigenvalue weighted by molar-refractivity contribution is 6.62. The molecule has 1 saturated heterocycles. The van der Waals surface area contributed by atoms with Crippen molar-refractivity contribution in [2.45, 2.75) is 38.9 Å². The summed E-state index contributed by atoms with van der Waals surface area (Å²) in [5, 5.41) is 1.84. The highest BCUT2D eigenvalue weighted by atomic mass is 16.7. The number of hydrogen-bond acceptors (Lipinski definition) is 5. The molecule has 0 spiro atoms. The van der Waals surface area contributed by atoms with E-state index in [4.69, 9.17) is 14.0 Å². The van der Waals surface area contributed by atoms with Gasteiger partial charge in [-0.05, 0) is 44.6 Å². The number of aromatic nitrogens is 1. The summed E-state index contributed by atoms with van der Waals surface area (Å²) in [5.74, 6) is -0.451. The molecule has 0 N–H and O–H groups in total. The molecule has 120 valence electrons. The first-order chi connectivity index (χ1) is 10.7.